The molecular weight excluding hydrogens is 171 g/mol. The number of rotatable bonds is 3. The minimum atomic E-state index is -0.367. The van der Waals surface area contributed by atoms with E-state index in [2.05, 4.69) is 5.32 Å². The second-order valence-corrected chi connectivity index (χ2v) is 2.80. The molecule has 0 aliphatic carbocycles. The number of aliphatic hydroxyl groups excluding tert-OH is 1. The van der Waals surface area contributed by atoms with Gasteiger partial charge in [-0.1, -0.05) is 6.07 Å². The molecule has 0 amide bonds. The second-order valence-electron chi connectivity index (χ2n) is 2.80. The Balaban J connectivity index is 2.99. The molecule has 1 aromatic carbocycles. The molecule has 0 fully saturated rings. The van der Waals surface area contributed by atoms with E-state index in [-0.39, 0.29) is 18.5 Å². The first-order valence-corrected chi connectivity index (χ1v) is 4.02. The summed E-state index contributed by atoms with van der Waals surface area (Å²) < 4.78 is 12.7. The van der Waals surface area contributed by atoms with Crippen molar-refractivity contribution in [2.24, 2.45) is 0 Å². The number of benzene rings is 1. The quantitative estimate of drug-likeness (QED) is 0.605. The molecule has 1 atom stereocenters. The van der Waals surface area contributed by atoms with E-state index in [1.165, 1.54) is 12.1 Å². The van der Waals surface area contributed by atoms with Crippen molar-refractivity contribution in [3.8, 4) is 0 Å². The molecule has 0 bridgehead atoms. The SMILES string of the molecule is CN[C@H](CO)c1ccc(F)cc1N. The molecule has 0 aliphatic rings. The molecule has 72 valence electrons. The van der Waals surface area contributed by atoms with E-state index in [1.54, 1.807) is 13.1 Å². The van der Waals surface area contributed by atoms with Gasteiger partial charge in [-0.25, -0.2) is 4.39 Å². The van der Waals surface area contributed by atoms with Gasteiger partial charge in [0.1, 0.15) is 5.82 Å². The van der Waals surface area contributed by atoms with Crippen LogP contribution in [0.1, 0.15) is 11.6 Å². The summed E-state index contributed by atoms with van der Waals surface area (Å²) >= 11 is 0. The van der Waals surface area contributed by atoms with E-state index in [0.717, 1.165) is 0 Å². The lowest BCUT2D eigenvalue weighted by Crippen LogP contribution is -2.21. The number of anilines is 1. The molecule has 0 radical (unpaired) electrons. The predicted octanol–water partition coefficient (Wildman–Crippen LogP) is 0.661. The molecule has 0 saturated heterocycles. The second kappa shape index (κ2) is 4.20. The number of likely N-dealkylation sites (N-methyl/N-ethyl adjacent to an activating group) is 1. The zero-order chi connectivity index (χ0) is 9.84. The van der Waals surface area contributed by atoms with Crippen molar-refractivity contribution >= 4 is 5.69 Å². The molecular formula is C9H13FN2O. The molecule has 0 unspecified atom stereocenters. The zero-order valence-corrected chi connectivity index (χ0v) is 7.42. The van der Waals surface area contributed by atoms with Gasteiger partial charge in [0.2, 0.25) is 0 Å². The van der Waals surface area contributed by atoms with Crippen molar-refractivity contribution in [3.63, 3.8) is 0 Å². The number of nitrogens with one attached hydrogen (secondary N) is 1. The van der Waals surface area contributed by atoms with Crippen LogP contribution in [0.5, 0.6) is 0 Å². The summed E-state index contributed by atoms with van der Waals surface area (Å²) in [5.74, 6) is -0.367. The van der Waals surface area contributed by atoms with Crippen LogP contribution in [0.4, 0.5) is 10.1 Å². The molecule has 0 heterocycles. The van der Waals surface area contributed by atoms with E-state index < -0.39 is 0 Å². The van der Waals surface area contributed by atoms with Crippen LogP contribution in [0, 0.1) is 5.82 Å². The maximum Gasteiger partial charge on any atom is 0.125 e. The van der Waals surface area contributed by atoms with Crippen LogP contribution in [0.3, 0.4) is 0 Å². The lowest BCUT2D eigenvalue weighted by atomic mass is 10.1. The van der Waals surface area contributed by atoms with Crippen LogP contribution in [-0.2, 0) is 0 Å². The molecule has 13 heavy (non-hydrogen) atoms. The molecule has 0 saturated carbocycles. The molecule has 4 heteroatoms. The Kier molecular flexibility index (Phi) is 3.22. The first kappa shape index (κ1) is 9.95. The van der Waals surface area contributed by atoms with Gasteiger partial charge in [-0.05, 0) is 24.7 Å². The van der Waals surface area contributed by atoms with E-state index in [9.17, 15) is 4.39 Å². The third-order valence-electron chi connectivity index (χ3n) is 1.96. The average molecular weight is 184 g/mol. The minimum absolute atomic E-state index is 0.0632. The van der Waals surface area contributed by atoms with Gasteiger partial charge in [0, 0.05) is 5.69 Å². The number of nitrogen functional groups attached to an aromatic ring is 1. The van der Waals surface area contributed by atoms with Crippen LogP contribution >= 0.6 is 0 Å². The smallest absolute Gasteiger partial charge is 0.125 e. The summed E-state index contributed by atoms with van der Waals surface area (Å²) in [6.07, 6.45) is 0. The Labute approximate surface area is 76.4 Å². The molecule has 0 aromatic heterocycles. The Morgan fingerprint density at radius 2 is 2.31 bits per heavy atom. The van der Waals surface area contributed by atoms with E-state index in [4.69, 9.17) is 10.8 Å². The zero-order valence-electron chi connectivity index (χ0n) is 7.42. The third kappa shape index (κ3) is 2.17. The Hall–Kier alpha value is -1.13. The number of halogens is 1. The highest BCUT2D eigenvalue weighted by molar-refractivity contribution is 5.48. The largest absolute Gasteiger partial charge is 0.398 e. The Bertz CT molecular complexity index is 287. The molecule has 0 aliphatic heterocycles. The standard InChI is InChI=1S/C9H13FN2O/c1-12-9(5-13)7-3-2-6(10)4-8(7)11/h2-4,9,12-13H,5,11H2,1H3/t9-/m1/s1. The maximum atomic E-state index is 12.7. The van der Waals surface area contributed by atoms with Gasteiger partial charge >= 0.3 is 0 Å². The lowest BCUT2D eigenvalue weighted by molar-refractivity contribution is 0.251. The van der Waals surface area contributed by atoms with Crippen LogP contribution in [0.15, 0.2) is 18.2 Å². The van der Waals surface area contributed by atoms with E-state index >= 15 is 0 Å². The van der Waals surface area contributed by atoms with Crippen LogP contribution in [0.2, 0.25) is 0 Å². The molecule has 1 aromatic rings. The fourth-order valence-electron chi connectivity index (χ4n) is 1.21. The fraction of sp³-hybridized carbons (Fsp3) is 0.333. The van der Waals surface area contributed by atoms with Gasteiger partial charge in [0.15, 0.2) is 0 Å². The molecule has 1 rings (SSSR count). The molecule has 0 spiro atoms. The average Bonchev–Trinajstić information content (AvgIpc) is 2.10. The topological polar surface area (TPSA) is 58.3 Å². The van der Waals surface area contributed by atoms with Crippen molar-refractivity contribution < 1.29 is 9.50 Å². The van der Waals surface area contributed by atoms with Crippen molar-refractivity contribution in [1.82, 2.24) is 5.32 Å². The van der Waals surface area contributed by atoms with Gasteiger partial charge in [-0.3, -0.25) is 0 Å². The highest BCUT2D eigenvalue weighted by Gasteiger charge is 2.10. The third-order valence-corrected chi connectivity index (χ3v) is 1.96. The lowest BCUT2D eigenvalue weighted by Gasteiger charge is -2.15. The Morgan fingerprint density at radius 3 is 2.77 bits per heavy atom. The summed E-state index contributed by atoms with van der Waals surface area (Å²) in [6, 6.07) is 3.91. The number of nitrogens with two attached hydrogens (primary N) is 1. The molecule has 4 N–H and O–H groups in total. The van der Waals surface area contributed by atoms with Crippen molar-refractivity contribution in [1.29, 1.82) is 0 Å². The van der Waals surface area contributed by atoms with Crippen molar-refractivity contribution in [2.75, 3.05) is 19.4 Å². The summed E-state index contributed by atoms with van der Waals surface area (Å²) in [4.78, 5) is 0. The van der Waals surface area contributed by atoms with Crippen LogP contribution in [-0.4, -0.2) is 18.8 Å². The monoisotopic (exact) mass is 184 g/mol. The predicted molar refractivity (Wildman–Crippen MR) is 49.7 cm³/mol. The van der Waals surface area contributed by atoms with Gasteiger partial charge < -0.3 is 16.2 Å². The fourth-order valence-corrected chi connectivity index (χ4v) is 1.21. The number of hydrogen-bond donors (Lipinski definition) is 3. The summed E-state index contributed by atoms with van der Waals surface area (Å²) in [5.41, 5.74) is 6.65. The van der Waals surface area contributed by atoms with E-state index in [1.807, 2.05) is 0 Å². The highest BCUT2D eigenvalue weighted by atomic mass is 19.1. The van der Waals surface area contributed by atoms with E-state index in [0.29, 0.717) is 11.3 Å². The highest BCUT2D eigenvalue weighted by Crippen LogP contribution is 2.20. The number of hydrogen-bond acceptors (Lipinski definition) is 3. The van der Waals surface area contributed by atoms with Crippen LogP contribution in [0.25, 0.3) is 0 Å². The van der Waals surface area contributed by atoms with Gasteiger partial charge in [-0.15, -0.1) is 0 Å². The first-order valence-electron chi connectivity index (χ1n) is 4.02. The summed E-state index contributed by atoms with van der Waals surface area (Å²) in [5, 5.41) is 11.8. The van der Waals surface area contributed by atoms with Gasteiger partial charge in [0.25, 0.3) is 0 Å². The molecule has 3 nitrogen and oxygen atoms in total. The number of aliphatic hydroxyl groups is 1. The van der Waals surface area contributed by atoms with Gasteiger partial charge in [-0.2, -0.15) is 0 Å². The minimum Gasteiger partial charge on any atom is -0.398 e. The Morgan fingerprint density at radius 1 is 1.62 bits per heavy atom. The van der Waals surface area contributed by atoms with Crippen molar-refractivity contribution in [2.45, 2.75) is 6.04 Å². The van der Waals surface area contributed by atoms with Gasteiger partial charge in [0.05, 0.1) is 12.6 Å². The normalized spacial score (nSPS) is 12.8. The van der Waals surface area contributed by atoms with Crippen LogP contribution < -0.4 is 11.1 Å². The van der Waals surface area contributed by atoms with Crippen molar-refractivity contribution in [3.05, 3.63) is 29.6 Å². The summed E-state index contributed by atoms with van der Waals surface area (Å²) in [7, 11) is 1.71. The first-order chi connectivity index (χ1) is 6.19. The summed E-state index contributed by atoms with van der Waals surface area (Å²) in [6.45, 7) is -0.0632. The maximum absolute atomic E-state index is 12.7.